The number of rotatable bonds is 4. The van der Waals surface area contributed by atoms with Gasteiger partial charge in [0.15, 0.2) is 0 Å². The van der Waals surface area contributed by atoms with Gasteiger partial charge in [-0.05, 0) is 24.6 Å². The number of halogens is 1. The molecule has 3 amide bonds. The summed E-state index contributed by atoms with van der Waals surface area (Å²) in [5, 5.41) is 3.21. The van der Waals surface area contributed by atoms with Crippen LogP contribution in [0.25, 0.3) is 0 Å². The zero-order chi connectivity index (χ0) is 18.7. The Morgan fingerprint density at radius 3 is 2.65 bits per heavy atom. The summed E-state index contributed by atoms with van der Waals surface area (Å²) < 4.78 is 13.6. The Bertz CT molecular complexity index is 711. The molecule has 0 radical (unpaired) electrons. The van der Waals surface area contributed by atoms with E-state index in [9.17, 15) is 18.8 Å². The lowest BCUT2D eigenvalue weighted by Crippen LogP contribution is -2.58. The van der Waals surface area contributed by atoms with E-state index in [0.29, 0.717) is 44.8 Å². The van der Waals surface area contributed by atoms with Gasteiger partial charge < -0.3 is 20.0 Å². The molecule has 2 saturated heterocycles. The molecule has 3 rings (SSSR count). The van der Waals surface area contributed by atoms with Crippen molar-refractivity contribution in [3.8, 4) is 0 Å². The minimum atomic E-state index is -0.635. The Labute approximate surface area is 151 Å². The first-order valence-corrected chi connectivity index (χ1v) is 8.85. The van der Waals surface area contributed by atoms with Crippen LogP contribution in [0, 0.1) is 5.82 Å². The van der Waals surface area contributed by atoms with Crippen LogP contribution in [0.3, 0.4) is 0 Å². The summed E-state index contributed by atoms with van der Waals surface area (Å²) in [7, 11) is 0. The van der Waals surface area contributed by atoms with Crippen molar-refractivity contribution >= 4 is 17.7 Å². The quantitative estimate of drug-likeness (QED) is 0.765. The van der Waals surface area contributed by atoms with Crippen LogP contribution >= 0.6 is 0 Å². The maximum absolute atomic E-state index is 13.6. The number of piperazine rings is 2. The van der Waals surface area contributed by atoms with E-state index in [-0.39, 0.29) is 24.3 Å². The molecule has 0 bridgehead atoms. The first-order chi connectivity index (χ1) is 12.5. The summed E-state index contributed by atoms with van der Waals surface area (Å²) in [6, 6.07) is 5.90. The number of hydrogen-bond donors (Lipinski definition) is 1. The number of nitrogens with one attached hydrogen (secondary N) is 1. The second kappa shape index (κ2) is 7.82. The van der Waals surface area contributed by atoms with E-state index in [2.05, 4.69) is 5.32 Å². The fourth-order valence-corrected chi connectivity index (χ4v) is 3.44. The smallest absolute Gasteiger partial charge is 0.312 e. The highest BCUT2D eigenvalue weighted by atomic mass is 19.1. The van der Waals surface area contributed by atoms with E-state index in [0.717, 1.165) is 0 Å². The van der Waals surface area contributed by atoms with Crippen molar-refractivity contribution in [2.24, 2.45) is 0 Å². The van der Waals surface area contributed by atoms with Crippen LogP contribution < -0.4 is 5.32 Å². The Morgan fingerprint density at radius 1 is 1.19 bits per heavy atom. The molecule has 1 atom stereocenters. The maximum Gasteiger partial charge on any atom is 0.312 e. The number of likely N-dealkylation sites (N-methyl/N-ethyl adjacent to an activating group) is 1. The van der Waals surface area contributed by atoms with Crippen molar-refractivity contribution in [3.05, 3.63) is 35.6 Å². The van der Waals surface area contributed by atoms with Crippen molar-refractivity contribution < 1.29 is 18.8 Å². The lowest BCUT2D eigenvalue weighted by atomic mass is 10.0. The number of hydrogen-bond acceptors (Lipinski definition) is 4. The van der Waals surface area contributed by atoms with Gasteiger partial charge in [-0.15, -0.1) is 0 Å². The highest BCUT2D eigenvalue weighted by Gasteiger charge is 2.35. The third-order valence-corrected chi connectivity index (χ3v) is 4.90. The van der Waals surface area contributed by atoms with Crippen molar-refractivity contribution in [1.82, 2.24) is 20.0 Å². The monoisotopic (exact) mass is 362 g/mol. The average molecular weight is 362 g/mol. The minimum absolute atomic E-state index is 0.131. The largest absolute Gasteiger partial charge is 0.333 e. The molecule has 7 nitrogen and oxygen atoms in total. The standard InChI is InChI=1S/C18H23FN4O3/c1-2-21-8-9-22(18(26)17(21)25)12-16(24)23-7-6-20-11-15(23)13-4-3-5-14(19)10-13/h3-5,10,15,20H,2,6-9,11-12H2,1H3. The molecule has 1 aromatic rings. The van der Waals surface area contributed by atoms with Gasteiger partial charge >= 0.3 is 11.8 Å². The van der Waals surface area contributed by atoms with Gasteiger partial charge in [-0.25, -0.2) is 4.39 Å². The van der Waals surface area contributed by atoms with Crippen molar-refractivity contribution in [1.29, 1.82) is 0 Å². The summed E-state index contributed by atoms with van der Waals surface area (Å²) in [5.74, 6) is -1.78. The van der Waals surface area contributed by atoms with Gasteiger partial charge in [0, 0.05) is 39.3 Å². The van der Waals surface area contributed by atoms with E-state index in [4.69, 9.17) is 0 Å². The zero-order valence-corrected chi connectivity index (χ0v) is 14.8. The van der Waals surface area contributed by atoms with Crippen molar-refractivity contribution in [2.75, 3.05) is 45.8 Å². The lowest BCUT2D eigenvalue weighted by molar-refractivity contribution is -0.158. The van der Waals surface area contributed by atoms with Crippen molar-refractivity contribution in [2.45, 2.75) is 13.0 Å². The first kappa shape index (κ1) is 18.3. The molecule has 8 heteroatoms. The Morgan fingerprint density at radius 2 is 1.92 bits per heavy atom. The Balaban J connectivity index is 1.71. The van der Waals surface area contributed by atoms with Gasteiger partial charge in [0.1, 0.15) is 12.4 Å². The van der Waals surface area contributed by atoms with Crippen molar-refractivity contribution in [3.63, 3.8) is 0 Å². The Hall–Kier alpha value is -2.48. The number of nitrogens with zero attached hydrogens (tertiary/aromatic N) is 3. The topological polar surface area (TPSA) is 73.0 Å². The molecule has 2 aliphatic heterocycles. The van der Waals surface area contributed by atoms with Crippen LogP contribution in [0.1, 0.15) is 18.5 Å². The maximum atomic E-state index is 13.6. The fourth-order valence-electron chi connectivity index (χ4n) is 3.44. The second-order valence-electron chi connectivity index (χ2n) is 6.47. The van der Waals surface area contributed by atoms with E-state index in [1.807, 2.05) is 6.92 Å². The molecular formula is C18H23FN4O3. The van der Waals surface area contributed by atoms with Crippen LogP contribution in [0.4, 0.5) is 4.39 Å². The first-order valence-electron chi connectivity index (χ1n) is 8.85. The summed E-state index contributed by atoms with van der Waals surface area (Å²) >= 11 is 0. The molecule has 0 aliphatic carbocycles. The highest BCUT2D eigenvalue weighted by molar-refractivity contribution is 6.35. The van der Waals surface area contributed by atoms with E-state index >= 15 is 0 Å². The van der Waals surface area contributed by atoms with Gasteiger partial charge in [-0.3, -0.25) is 14.4 Å². The van der Waals surface area contributed by atoms with Gasteiger partial charge in [0.2, 0.25) is 5.91 Å². The molecule has 2 heterocycles. The molecule has 1 aromatic carbocycles. The third kappa shape index (κ3) is 3.70. The molecular weight excluding hydrogens is 339 g/mol. The average Bonchev–Trinajstić information content (AvgIpc) is 2.65. The number of amides is 3. The van der Waals surface area contributed by atoms with E-state index < -0.39 is 11.8 Å². The zero-order valence-electron chi connectivity index (χ0n) is 14.8. The SMILES string of the molecule is CCN1CCN(CC(=O)N2CCNCC2c2cccc(F)c2)C(=O)C1=O. The van der Waals surface area contributed by atoms with E-state index in [1.54, 1.807) is 17.0 Å². The normalized spacial score (nSPS) is 21.3. The van der Waals surface area contributed by atoms with E-state index in [1.165, 1.54) is 21.9 Å². The predicted molar refractivity (Wildman–Crippen MR) is 92.6 cm³/mol. The number of carbonyl (C=O) groups excluding carboxylic acids is 3. The van der Waals surface area contributed by atoms with Crippen LogP contribution in [0.2, 0.25) is 0 Å². The molecule has 0 aromatic heterocycles. The second-order valence-corrected chi connectivity index (χ2v) is 6.47. The van der Waals surface area contributed by atoms with Crippen LogP contribution in [-0.4, -0.2) is 78.2 Å². The molecule has 2 fully saturated rings. The highest BCUT2D eigenvalue weighted by Crippen LogP contribution is 2.23. The minimum Gasteiger partial charge on any atom is -0.333 e. The molecule has 2 aliphatic rings. The summed E-state index contributed by atoms with van der Waals surface area (Å²) in [5.41, 5.74) is 0.712. The van der Waals surface area contributed by atoms with Gasteiger partial charge in [0.25, 0.3) is 0 Å². The molecule has 140 valence electrons. The Kier molecular flexibility index (Phi) is 5.51. The van der Waals surface area contributed by atoms with Crippen LogP contribution in [0.5, 0.6) is 0 Å². The molecule has 0 spiro atoms. The van der Waals surface area contributed by atoms with Crippen LogP contribution in [-0.2, 0) is 14.4 Å². The molecule has 0 saturated carbocycles. The lowest BCUT2D eigenvalue weighted by Gasteiger charge is -2.39. The van der Waals surface area contributed by atoms with Gasteiger partial charge in [0.05, 0.1) is 6.04 Å². The predicted octanol–water partition coefficient (Wildman–Crippen LogP) is -0.0107. The fraction of sp³-hybridized carbons (Fsp3) is 0.500. The summed E-state index contributed by atoms with van der Waals surface area (Å²) in [4.78, 5) is 41.5. The number of carbonyl (C=O) groups is 3. The van der Waals surface area contributed by atoms with Gasteiger partial charge in [-0.1, -0.05) is 12.1 Å². The summed E-state index contributed by atoms with van der Waals surface area (Å²) in [6.07, 6.45) is 0. The summed E-state index contributed by atoms with van der Waals surface area (Å²) in [6.45, 7) is 4.57. The molecule has 1 N–H and O–H groups in total. The number of benzene rings is 1. The molecule has 1 unspecified atom stereocenters. The third-order valence-electron chi connectivity index (χ3n) is 4.90. The van der Waals surface area contributed by atoms with Crippen LogP contribution in [0.15, 0.2) is 24.3 Å². The van der Waals surface area contributed by atoms with Gasteiger partial charge in [-0.2, -0.15) is 0 Å². The molecule has 26 heavy (non-hydrogen) atoms.